The fourth-order valence-corrected chi connectivity index (χ4v) is 2.64. The molecule has 110 valence electrons. The fourth-order valence-electron chi connectivity index (χ4n) is 2.64. The third-order valence-corrected chi connectivity index (χ3v) is 3.73. The molecule has 1 atom stereocenters. The van der Waals surface area contributed by atoms with E-state index in [0.717, 1.165) is 38.1 Å². The number of carboxylic acid groups (broad SMARTS) is 1. The first kappa shape index (κ1) is 14.9. The molecule has 1 fully saturated rings. The van der Waals surface area contributed by atoms with Crippen molar-refractivity contribution in [1.29, 1.82) is 0 Å². The zero-order chi connectivity index (χ0) is 14.4. The van der Waals surface area contributed by atoms with Crippen LogP contribution in [0.2, 0.25) is 0 Å². The molecule has 1 aliphatic heterocycles. The lowest BCUT2D eigenvalue weighted by molar-refractivity contribution is -0.143. The van der Waals surface area contributed by atoms with Crippen LogP contribution in [0.4, 0.5) is 0 Å². The Kier molecular flexibility index (Phi) is 5.41. The Morgan fingerprint density at radius 2 is 2.35 bits per heavy atom. The average Bonchev–Trinajstić information content (AvgIpc) is 2.44. The van der Waals surface area contributed by atoms with Gasteiger partial charge in [0.05, 0.1) is 12.5 Å². The van der Waals surface area contributed by atoms with Gasteiger partial charge >= 0.3 is 5.97 Å². The van der Waals surface area contributed by atoms with Crippen LogP contribution < -0.4 is 4.74 Å². The summed E-state index contributed by atoms with van der Waals surface area (Å²) in [5, 5.41) is 9.05. The van der Waals surface area contributed by atoms with E-state index in [4.69, 9.17) is 9.84 Å². The number of benzene rings is 1. The largest absolute Gasteiger partial charge is 0.494 e. The highest BCUT2D eigenvalue weighted by Crippen LogP contribution is 2.17. The van der Waals surface area contributed by atoms with Gasteiger partial charge in [-0.1, -0.05) is 12.1 Å². The summed E-state index contributed by atoms with van der Waals surface area (Å²) in [4.78, 5) is 13.2. The van der Waals surface area contributed by atoms with E-state index in [1.165, 1.54) is 5.56 Å². The summed E-state index contributed by atoms with van der Waals surface area (Å²) in [7, 11) is 0. The Labute approximate surface area is 120 Å². The lowest BCUT2D eigenvalue weighted by Gasteiger charge is -2.30. The van der Waals surface area contributed by atoms with Crippen molar-refractivity contribution in [1.82, 2.24) is 4.90 Å². The first-order valence-corrected chi connectivity index (χ1v) is 7.30. The van der Waals surface area contributed by atoms with Gasteiger partial charge in [-0.3, -0.25) is 4.79 Å². The second-order valence-corrected chi connectivity index (χ2v) is 5.50. The van der Waals surface area contributed by atoms with Crippen molar-refractivity contribution < 1.29 is 14.6 Å². The lowest BCUT2D eigenvalue weighted by atomic mass is 9.98. The fraction of sp³-hybridized carbons (Fsp3) is 0.562. The van der Waals surface area contributed by atoms with Gasteiger partial charge in [0.1, 0.15) is 5.75 Å². The van der Waals surface area contributed by atoms with Gasteiger partial charge in [0.2, 0.25) is 0 Å². The smallest absolute Gasteiger partial charge is 0.307 e. The number of ether oxygens (including phenoxy) is 1. The van der Waals surface area contributed by atoms with Crippen LogP contribution in [0.5, 0.6) is 5.75 Å². The number of hydrogen-bond acceptors (Lipinski definition) is 3. The number of aryl methyl sites for hydroxylation is 1. The van der Waals surface area contributed by atoms with Gasteiger partial charge in [0.25, 0.3) is 0 Å². The second kappa shape index (κ2) is 7.29. The molecule has 1 aromatic rings. The van der Waals surface area contributed by atoms with E-state index in [0.29, 0.717) is 13.2 Å². The molecule has 20 heavy (non-hydrogen) atoms. The van der Waals surface area contributed by atoms with Crippen molar-refractivity contribution >= 4 is 5.97 Å². The number of aliphatic carboxylic acids is 1. The quantitative estimate of drug-likeness (QED) is 0.812. The summed E-state index contributed by atoms with van der Waals surface area (Å²) in [5.41, 5.74) is 1.20. The zero-order valence-corrected chi connectivity index (χ0v) is 12.0. The molecule has 1 heterocycles. The molecule has 0 radical (unpaired) electrons. The topological polar surface area (TPSA) is 49.8 Å². The number of rotatable bonds is 6. The standard InChI is InChI=1S/C16H23NO3/c1-13-5-2-7-15(11-13)20-10-4-9-17-8-3-6-14(12-17)16(18)19/h2,5,7,11,14H,3-4,6,8-10,12H2,1H3,(H,18,19). The van der Waals surface area contributed by atoms with E-state index in [9.17, 15) is 4.79 Å². The van der Waals surface area contributed by atoms with Gasteiger partial charge in [-0.15, -0.1) is 0 Å². The number of hydrogen-bond donors (Lipinski definition) is 1. The maximum absolute atomic E-state index is 11.0. The summed E-state index contributed by atoms with van der Waals surface area (Å²) in [6, 6.07) is 8.04. The van der Waals surface area contributed by atoms with Crippen LogP contribution in [0.15, 0.2) is 24.3 Å². The molecular formula is C16H23NO3. The van der Waals surface area contributed by atoms with Crippen molar-refractivity contribution in [3.05, 3.63) is 29.8 Å². The number of nitrogens with zero attached hydrogens (tertiary/aromatic N) is 1. The lowest BCUT2D eigenvalue weighted by Crippen LogP contribution is -2.39. The predicted molar refractivity (Wildman–Crippen MR) is 78.1 cm³/mol. The van der Waals surface area contributed by atoms with Crippen LogP contribution in [-0.2, 0) is 4.79 Å². The van der Waals surface area contributed by atoms with Crippen LogP contribution in [0.1, 0.15) is 24.8 Å². The molecule has 0 saturated carbocycles. The van der Waals surface area contributed by atoms with Gasteiger partial charge < -0.3 is 14.7 Å². The highest BCUT2D eigenvalue weighted by atomic mass is 16.5. The molecule has 0 bridgehead atoms. The van der Waals surface area contributed by atoms with E-state index >= 15 is 0 Å². The minimum absolute atomic E-state index is 0.193. The molecule has 0 aromatic heterocycles. The van der Waals surface area contributed by atoms with Gasteiger partial charge in [0.15, 0.2) is 0 Å². The average molecular weight is 277 g/mol. The SMILES string of the molecule is Cc1cccc(OCCCN2CCCC(C(=O)O)C2)c1. The van der Waals surface area contributed by atoms with Gasteiger partial charge in [-0.2, -0.15) is 0 Å². The molecule has 1 aliphatic rings. The Morgan fingerprint density at radius 1 is 1.50 bits per heavy atom. The van der Waals surface area contributed by atoms with Gasteiger partial charge in [-0.05, 0) is 50.4 Å². The molecule has 1 saturated heterocycles. The predicted octanol–water partition coefficient (Wildman–Crippen LogP) is 2.56. The van der Waals surface area contributed by atoms with Crippen molar-refractivity contribution in [2.45, 2.75) is 26.2 Å². The monoisotopic (exact) mass is 277 g/mol. The van der Waals surface area contributed by atoms with E-state index in [-0.39, 0.29) is 5.92 Å². The zero-order valence-electron chi connectivity index (χ0n) is 12.0. The van der Waals surface area contributed by atoms with Crippen LogP contribution >= 0.6 is 0 Å². The normalized spacial score (nSPS) is 19.8. The Bertz CT molecular complexity index is 447. The maximum atomic E-state index is 11.0. The minimum atomic E-state index is -0.661. The molecule has 1 aromatic carbocycles. The van der Waals surface area contributed by atoms with E-state index in [1.807, 2.05) is 31.2 Å². The first-order chi connectivity index (χ1) is 9.65. The summed E-state index contributed by atoms with van der Waals surface area (Å²) < 4.78 is 5.71. The highest BCUT2D eigenvalue weighted by molar-refractivity contribution is 5.70. The molecule has 4 nitrogen and oxygen atoms in total. The summed E-state index contributed by atoms with van der Waals surface area (Å²) in [6.07, 6.45) is 2.72. The third-order valence-electron chi connectivity index (χ3n) is 3.73. The molecule has 1 unspecified atom stereocenters. The highest BCUT2D eigenvalue weighted by Gasteiger charge is 2.24. The number of carboxylic acids is 1. The molecule has 2 rings (SSSR count). The number of likely N-dealkylation sites (tertiary alicyclic amines) is 1. The number of piperidine rings is 1. The summed E-state index contributed by atoms with van der Waals surface area (Å²) in [6.45, 7) is 5.33. The van der Waals surface area contributed by atoms with Crippen LogP contribution in [-0.4, -0.2) is 42.2 Å². The molecule has 0 aliphatic carbocycles. The first-order valence-electron chi connectivity index (χ1n) is 7.30. The third kappa shape index (κ3) is 4.53. The molecule has 0 amide bonds. The van der Waals surface area contributed by atoms with Gasteiger partial charge in [0, 0.05) is 13.1 Å². The molecule has 4 heteroatoms. The van der Waals surface area contributed by atoms with Crippen LogP contribution in [0, 0.1) is 12.8 Å². The van der Waals surface area contributed by atoms with E-state index in [2.05, 4.69) is 4.90 Å². The van der Waals surface area contributed by atoms with Crippen molar-refractivity contribution in [3.63, 3.8) is 0 Å². The van der Waals surface area contributed by atoms with Crippen molar-refractivity contribution in [3.8, 4) is 5.75 Å². The maximum Gasteiger partial charge on any atom is 0.307 e. The van der Waals surface area contributed by atoms with E-state index < -0.39 is 5.97 Å². The Hall–Kier alpha value is -1.55. The Balaban J connectivity index is 1.67. The second-order valence-electron chi connectivity index (χ2n) is 5.50. The van der Waals surface area contributed by atoms with E-state index in [1.54, 1.807) is 0 Å². The summed E-state index contributed by atoms with van der Waals surface area (Å²) >= 11 is 0. The van der Waals surface area contributed by atoms with Crippen molar-refractivity contribution in [2.75, 3.05) is 26.2 Å². The summed E-state index contributed by atoms with van der Waals surface area (Å²) in [5.74, 6) is 0.0548. The molecule has 0 spiro atoms. The minimum Gasteiger partial charge on any atom is -0.494 e. The molecular weight excluding hydrogens is 254 g/mol. The Morgan fingerprint density at radius 3 is 3.10 bits per heavy atom. The van der Waals surface area contributed by atoms with Crippen molar-refractivity contribution in [2.24, 2.45) is 5.92 Å². The molecule has 1 N–H and O–H groups in total. The van der Waals surface area contributed by atoms with Gasteiger partial charge in [-0.25, -0.2) is 0 Å². The van der Waals surface area contributed by atoms with Crippen LogP contribution in [0.3, 0.4) is 0 Å². The van der Waals surface area contributed by atoms with Crippen LogP contribution in [0.25, 0.3) is 0 Å². The number of carbonyl (C=O) groups is 1.